The first-order chi connectivity index (χ1) is 15.2. The summed E-state index contributed by atoms with van der Waals surface area (Å²) in [5.41, 5.74) is 3.23. The van der Waals surface area contributed by atoms with Crippen LogP contribution < -0.4 is 14.2 Å². The van der Waals surface area contributed by atoms with Gasteiger partial charge in [0, 0.05) is 5.41 Å². The van der Waals surface area contributed by atoms with E-state index in [1.165, 1.54) is 14.2 Å². The van der Waals surface area contributed by atoms with E-state index in [-0.39, 0.29) is 35.3 Å². The summed E-state index contributed by atoms with van der Waals surface area (Å²) < 4.78 is 31.2. The van der Waals surface area contributed by atoms with Crippen LogP contribution in [0.15, 0.2) is 54.6 Å². The Bertz CT molecular complexity index is 1070. The van der Waals surface area contributed by atoms with Gasteiger partial charge in [0.1, 0.15) is 6.61 Å². The van der Waals surface area contributed by atoms with Crippen molar-refractivity contribution in [2.24, 2.45) is 0 Å². The lowest BCUT2D eigenvalue weighted by molar-refractivity contribution is 0.268. The number of halogens is 1. The Balaban J connectivity index is 1.80. The third-order valence-electron chi connectivity index (χ3n) is 5.89. The topological polar surface area (TPSA) is 47.9 Å². The molecular weight excluding hydrogens is 407 g/mol. The normalized spacial score (nSPS) is 11.5. The van der Waals surface area contributed by atoms with Gasteiger partial charge in [-0.1, -0.05) is 64.1 Å². The van der Waals surface area contributed by atoms with E-state index in [1.807, 2.05) is 44.2 Å². The molecule has 0 atom stereocenters. The highest BCUT2D eigenvalue weighted by Crippen LogP contribution is 2.38. The molecule has 0 saturated heterocycles. The average Bonchev–Trinajstić information content (AvgIpc) is 2.77. The van der Waals surface area contributed by atoms with Crippen molar-refractivity contribution in [2.75, 3.05) is 14.2 Å². The van der Waals surface area contributed by atoms with Crippen LogP contribution in [0.5, 0.6) is 23.0 Å². The molecule has 32 heavy (non-hydrogen) atoms. The summed E-state index contributed by atoms with van der Waals surface area (Å²) in [6.07, 6.45) is 0. The Kier molecular flexibility index (Phi) is 6.97. The number of phenols is 1. The van der Waals surface area contributed by atoms with Crippen LogP contribution in [0.1, 0.15) is 55.9 Å². The minimum Gasteiger partial charge on any atom is -0.504 e. The van der Waals surface area contributed by atoms with Crippen LogP contribution in [0.25, 0.3) is 0 Å². The predicted molar refractivity (Wildman–Crippen MR) is 125 cm³/mol. The summed E-state index contributed by atoms with van der Waals surface area (Å²) in [5, 5.41) is 10.2. The maximum atomic E-state index is 14.9. The van der Waals surface area contributed by atoms with E-state index in [2.05, 4.69) is 13.8 Å². The van der Waals surface area contributed by atoms with Gasteiger partial charge >= 0.3 is 0 Å². The van der Waals surface area contributed by atoms with Crippen molar-refractivity contribution in [3.63, 3.8) is 0 Å². The van der Waals surface area contributed by atoms with E-state index in [4.69, 9.17) is 14.2 Å². The van der Waals surface area contributed by atoms with E-state index in [0.717, 1.165) is 16.7 Å². The molecule has 0 bridgehead atoms. The molecule has 0 aliphatic heterocycles. The lowest BCUT2D eigenvalue weighted by Crippen LogP contribution is -2.18. The van der Waals surface area contributed by atoms with Crippen LogP contribution in [-0.2, 0) is 12.0 Å². The smallest absolute Gasteiger partial charge is 0.197 e. The molecule has 0 fully saturated rings. The monoisotopic (exact) mass is 438 g/mol. The molecule has 3 aromatic carbocycles. The first-order valence-corrected chi connectivity index (χ1v) is 10.6. The van der Waals surface area contributed by atoms with Gasteiger partial charge in [-0.3, -0.25) is 0 Å². The van der Waals surface area contributed by atoms with Crippen molar-refractivity contribution < 1.29 is 23.7 Å². The Morgan fingerprint density at radius 3 is 2.03 bits per heavy atom. The summed E-state index contributed by atoms with van der Waals surface area (Å²) in [6.45, 7) is 8.29. The minimum atomic E-state index is -0.378. The van der Waals surface area contributed by atoms with Crippen LogP contribution in [0.2, 0.25) is 0 Å². The molecule has 0 saturated carbocycles. The molecule has 0 aliphatic rings. The van der Waals surface area contributed by atoms with Crippen molar-refractivity contribution in [3.8, 4) is 23.0 Å². The van der Waals surface area contributed by atoms with E-state index >= 15 is 0 Å². The number of ether oxygens (including phenoxy) is 3. The van der Waals surface area contributed by atoms with Crippen LogP contribution in [0, 0.1) is 5.82 Å². The van der Waals surface area contributed by atoms with Gasteiger partial charge in [0.25, 0.3) is 0 Å². The molecule has 0 aliphatic carbocycles. The number of hydrogen-bond acceptors (Lipinski definition) is 4. The first-order valence-electron chi connectivity index (χ1n) is 10.6. The molecule has 0 amide bonds. The van der Waals surface area contributed by atoms with Gasteiger partial charge in [-0.15, -0.1) is 0 Å². The summed E-state index contributed by atoms with van der Waals surface area (Å²) in [6, 6.07) is 16.9. The standard InChI is InChI=1S/C27H31FO4/c1-17(2)21-12-14-24(31-6)26(25(21)28)32-16-18-7-9-19(10-8-18)27(3,4)20-11-13-23(30-5)22(29)15-20/h7-15,17,29H,16H2,1-6H3. The number of hydrogen-bond donors (Lipinski definition) is 1. The third-order valence-corrected chi connectivity index (χ3v) is 5.89. The van der Waals surface area contributed by atoms with Crippen molar-refractivity contribution in [3.05, 3.63) is 82.7 Å². The number of phenolic OH excluding ortho intramolecular Hbond substituents is 1. The number of aromatic hydroxyl groups is 1. The minimum absolute atomic E-state index is 0.0437. The zero-order valence-electron chi connectivity index (χ0n) is 19.5. The second kappa shape index (κ2) is 9.51. The first kappa shape index (κ1) is 23.5. The van der Waals surface area contributed by atoms with Crippen molar-refractivity contribution >= 4 is 0 Å². The van der Waals surface area contributed by atoms with Gasteiger partial charge in [0.15, 0.2) is 28.8 Å². The predicted octanol–water partition coefficient (Wildman–Crippen LogP) is 6.58. The summed E-state index contributed by atoms with van der Waals surface area (Å²) >= 11 is 0. The Hall–Kier alpha value is -3.21. The SMILES string of the molecule is COc1ccc(C(C)(C)c2ccc(COc3c(OC)ccc(C(C)C)c3F)cc2)cc1O. The highest BCUT2D eigenvalue weighted by Gasteiger charge is 2.24. The second-order valence-electron chi connectivity index (χ2n) is 8.65. The summed E-state index contributed by atoms with van der Waals surface area (Å²) in [7, 11) is 3.03. The molecule has 0 aromatic heterocycles. The molecule has 1 N–H and O–H groups in total. The van der Waals surface area contributed by atoms with Gasteiger partial charge in [0.05, 0.1) is 14.2 Å². The number of rotatable bonds is 8. The van der Waals surface area contributed by atoms with Gasteiger partial charge in [-0.25, -0.2) is 4.39 Å². The molecule has 170 valence electrons. The fraction of sp³-hybridized carbons (Fsp3) is 0.333. The van der Waals surface area contributed by atoms with Gasteiger partial charge in [0.2, 0.25) is 0 Å². The molecule has 3 rings (SSSR count). The lowest BCUT2D eigenvalue weighted by Gasteiger charge is -2.27. The number of methoxy groups -OCH3 is 2. The van der Waals surface area contributed by atoms with Crippen molar-refractivity contribution in [1.82, 2.24) is 0 Å². The zero-order chi connectivity index (χ0) is 23.5. The van der Waals surface area contributed by atoms with Crippen LogP contribution in [-0.4, -0.2) is 19.3 Å². The van der Waals surface area contributed by atoms with Gasteiger partial charge in [-0.2, -0.15) is 0 Å². The third kappa shape index (κ3) is 4.67. The molecule has 0 heterocycles. The van der Waals surface area contributed by atoms with E-state index < -0.39 is 0 Å². The fourth-order valence-corrected chi connectivity index (χ4v) is 3.71. The largest absolute Gasteiger partial charge is 0.504 e. The maximum Gasteiger partial charge on any atom is 0.197 e. The zero-order valence-corrected chi connectivity index (χ0v) is 19.5. The highest BCUT2D eigenvalue weighted by atomic mass is 19.1. The van der Waals surface area contributed by atoms with E-state index in [9.17, 15) is 9.50 Å². The van der Waals surface area contributed by atoms with Gasteiger partial charge in [-0.05, 0) is 46.4 Å². The molecular formula is C27H31FO4. The Labute approximate surface area is 189 Å². The summed E-state index contributed by atoms with van der Waals surface area (Å²) in [5.74, 6) is 0.739. The van der Waals surface area contributed by atoms with Crippen LogP contribution in [0.4, 0.5) is 4.39 Å². The molecule has 3 aromatic rings. The van der Waals surface area contributed by atoms with Crippen molar-refractivity contribution in [2.45, 2.75) is 45.6 Å². The molecule has 4 nitrogen and oxygen atoms in total. The fourth-order valence-electron chi connectivity index (χ4n) is 3.71. The summed E-state index contributed by atoms with van der Waals surface area (Å²) in [4.78, 5) is 0. The molecule has 0 spiro atoms. The second-order valence-corrected chi connectivity index (χ2v) is 8.65. The lowest BCUT2D eigenvalue weighted by atomic mass is 9.78. The highest BCUT2D eigenvalue weighted by molar-refractivity contribution is 5.48. The Morgan fingerprint density at radius 2 is 1.47 bits per heavy atom. The van der Waals surface area contributed by atoms with Crippen LogP contribution >= 0.6 is 0 Å². The quantitative estimate of drug-likeness (QED) is 0.432. The van der Waals surface area contributed by atoms with E-state index in [1.54, 1.807) is 24.3 Å². The molecule has 0 unspecified atom stereocenters. The van der Waals surface area contributed by atoms with Crippen LogP contribution in [0.3, 0.4) is 0 Å². The van der Waals surface area contributed by atoms with Crippen molar-refractivity contribution in [1.29, 1.82) is 0 Å². The molecule has 0 radical (unpaired) electrons. The van der Waals surface area contributed by atoms with E-state index in [0.29, 0.717) is 17.1 Å². The molecule has 5 heteroatoms. The number of benzene rings is 3. The Morgan fingerprint density at radius 1 is 0.875 bits per heavy atom. The average molecular weight is 439 g/mol. The maximum absolute atomic E-state index is 14.9. The van der Waals surface area contributed by atoms with Gasteiger partial charge < -0.3 is 19.3 Å².